The first-order valence-electron chi connectivity index (χ1n) is 11.8. The number of aliphatic hydroxyl groups excluding tert-OH is 1. The summed E-state index contributed by atoms with van der Waals surface area (Å²) in [5, 5.41) is 27.4. The van der Waals surface area contributed by atoms with Gasteiger partial charge in [0.05, 0.1) is 35.1 Å². The Morgan fingerprint density at radius 2 is 1.97 bits per heavy atom. The maximum absolute atomic E-state index is 12.6. The summed E-state index contributed by atoms with van der Waals surface area (Å²) >= 11 is 6.60. The molecule has 0 radical (unpaired) electrons. The minimum absolute atomic E-state index is 0.0566. The monoisotopic (exact) mass is 526 g/mol. The van der Waals surface area contributed by atoms with Crippen LogP contribution < -0.4 is 10.3 Å². The predicted octanol–water partition coefficient (Wildman–Crippen LogP) is 4.44. The zero-order valence-electron chi connectivity index (χ0n) is 20.7. The molecule has 38 heavy (non-hydrogen) atoms. The average molecular weight is 527 g/mol. The van der Waals surface area contributed by atoms with Crippen LogP contribution in [-0.4, -0.2) is 29.8 Å². The second-order valence-electron chi connectivity index (χ2n) is 8.83. The maximum atomic E-state index is 12.6. The van der Waals surface area contributed by atoms with Crippen molar-refractivity contribution in [1.29, 1.82) is 5.26 Å². The molecule has 190 valence electrons. The molecule has 10 heteroatoms. The fourth-order valence-electron chi connectivity index (χ4n) is 4.36. The molecule has 4 aromatic heterocycles. The first kappa shape index (κ1) is 25.1. The molecular formula is C28H23ClN6O3. The Balaban J connectivity index is 1.50. The van der Waals surface area contributed by atoms with Crippen LogP contribution in [0.5, 0.6) is 5.75 Å². The van der Waals surface area contributed by atoms with Gasteiger partial charge in [0.15, 0.2) is 0 Å². The van der Waals surface area contributed by atoms with Crippen molar-refractivity contribution in [2.24, 2.45) is 0 Å². The van der Waals surface area contributed by atoms with Gasteiger partial charge in [0.1, 0.15) is 24.0 Å². The molecule has 0 saturated heterocycles. The molecule has 5 rings (SSSR count). The van der Waals surface area contributed by atoms with Crippen LogP contribution in [0.3, 0.4) is 0 Å². The summed E-state index contributed by atoms with van der Waals surface area (Å²) in [4.78, 5) is 21.8. The number of ether oxygens (including phenoxy) is 1. The highest BCUT2D eigenvalue weighted by molar-refractivity contribution is 6.31. The number of halogens is 1. The number of pyridine rings is 3. The summed E-state index contributed by atoms with van der Waals surface area (Å²) in [6, 6.07) is 14.3. The molecule has 0 atom stereocenters. The van der Waals surface area contributed by atoms with Gasteiger partial charge in [-0.25, -0.2) is 0 Å². The summed E-state index contributed by atoms with van der Waals surface area (Å²) in [6.45, 7) is 3.84. The van der Waals surface area contributed by atoms with Crippen molar-refractivity contribution in [2.45, 2.75) is 33.6 Å². The largest absolute Gasteiger partial charge is 0.489 e. The van der Waals surface area contributed by atoms with Crippen LogP contribution in [0.15, 0.2) is 59.7 Å². The third-order valence-corrected chi connectivity index (χ3v) is 6.52. The number of aryl methyl sites for hydroxylation is 2. The molecule has 5 aromatic rings. The van der Waals surface area contributed by atoms with Crippen molar-refractivity contribution in [3.05, 3.63) is 104 Å². The third kappa shape index (κ3) is 4.87. The number of hydrogen-bond donors (Lipinski definition) is 2. The molecule has 0 spiro atoms. The molecule has 0 bridgehead atoms. The Labute approximate surface area is 223 Å². The minimum atomic E-state index is -0.397. The van der Waals surface area contributed by atoms with Crippen LogP contribution in [0.2, 0.25) is 5.02 Å². The maximum Gasteiger partial charge on any atom is 0.268 e. The summed E-state index contributed by atoms with van der Waals surface area (Å²) in [5.74, 6) is 0.580. The first-order valence-corrected chi connectivity index (χ1v) is 12.2. The third-order valence-electron chi connectivity index (χ3n) is 6.18. The van der Waals surface area contributed by atoms with Gasteiger partial charge in [0.2, 0.25) is 0 Å². The second-order valence-corrected chi connectivity index (χ2v) is 9.24. The van der Waals surface area contributed by atoms with Gasteiger partial charge in [-0.05, 0) is 56.3 Å². The van der Waals surface area contributed by atoms with Crippen molar-refractivity contribution in [3.8, 4) is 23.1 Å². The van der Waals surface area contributed by atoms with Crippen molar-refractivity contribution >= 4 is 22.5 Å². The van der Waals surface area contributed by atoms with Gasteiger partial charge in [-0.2, -0.15) is 10.4 Å². The SMILES string of the molecule is Cc1cc(Cl)c(COc2ccc3nc(C)cc(-c4n[nH]cc4CO)c3c2)c(Cn2cccc(C#N)c2=O)n1. The van der Waals surface area contributed by atoms with E-state index in [-0.39, 0.29) is 25.3 Å². The van der Waals surface area contributed by atoms with Crippen LogP contribution in [-0.2, 0) is 19.8 Å². The highest BCUT2D eigenvalue weighted by atomic mass is 35.5. The fraction of sp³-hybridized carbons (Fsp3) is 0.179. The number of rotatable bonds is 7. The number of aliphatic hydroxyl groups is 1. The van der Waals surface area contributed by atoms with Crippen molar-refractivity contribution in [2.75, 3.05) is 0 Å². The lowest BCUT2D eigenvalue weighted by atomic mass is 10.0. The molecule has 0 saturated carbocycles. The predicted molar refractivity (Wildman–Crippen MR) is 143 cm³/mol. The fourth-order valence-corrected chi connectivity index (χ4v) is 4.68. The summed E-state index contributed by atoms with van der Waals surface area (Å²) < 4.78 is 7.59. The number of aromatic nitrogens is 5. The number of nitriles is 1. The van der Waals surface area contributed by atoms with Crippen LogP contribution in [0.25, 0.3) is 22.2 Å². The zero-order chi connectivity index (χ0) is 26.8. The Hall–Kier alpha value is -4.52. The van der Waals surface area contributed by atoms with Crippen LogP contribution >= 0.6 is 11.6 Å². The van der Waals surface area contributed by atoms with Crippen LogP contribution in [0.4, 0.5) is 0 Å². The van der Waals surface area contributed by atoms with E-state index < -0.39 is 5.56 Å². The Bertz CT molecular complexity index is 1770. The summed E-state index contributed by atoms with van der Waals surface area (Å²) in [5.41, 5.74) is 5.34. The number of nitrogens with one attached hydrogen (secondary N) is 1. The topological polar surface area (TPSA) is 130 Å². The van der Waals surface area contributed by atoms with Crippen molar-refractivity contribution < 1.29 is 9.84 Å². The highest BCUT2D eigenvalue weighted by Crippen LogP contribution is 2.32. The quantitative estimate of drug-likeness (QED) is 0.320. The molecule has 9 nitrogen and oxygen atoms in total. The van der Waals surface area contributed by atoms with E-state index in [1.54, 1.807) is 24.5 Å². The minimum Gasteiger partial charge on any atom is -0.489 e. The van der Waals surface area contributed by atoms with E-state index >= 15 is 0 Å². The number of nitrogens with zero attached hydrogens (tertiary/aromatic N) is 5. The smallest absolute Gasteiger partial charge is 0.268 e. The number of benzene rings is 1. The van der Waals surface area contributed by atoms with Gasteiger partial charge in [-0.3, -0.25) is 19.9 Å². The van der Waals surface area contributed by atoms with E-state index in [2.05, 4.69) is 20.2 Å². The van der Waals surface area contributed by atoms with E-state index in [0.717, 1.165) is 22.2 Å². The lowest BCUT2D eigenvalue weighted by molar-refractivity contribution is 0.282. The molecule has 0 aliphatic rings. The molecule has 1 aromatic carbocycles. The van der Waals surface area contributed by atoms with Gasteiger partial charge >= 0.3 is 0 Å². The molecule has 0 aliphatic carbocycles. The van der Waals surface area contributed by atoms with E-state index in [4.69, 9.17) is 16.3 Å². The number of hydrogen-bond acceptors (Lipinski definition) is 7. The van der Waals surface area contributed by atoms with E-state index in [1.807, 2.05) is 44.2 Å². The van der Waals surface area contributed by atoms with E-state index in [1.165, 1.54) is 10.6 Å². The molecule has 0 unspecified atom stereocenters. The number of H-pyrrole nitrogens is 1. The molecule has 4 heterocycles. The lowest BCUT2D eigenvalue weighted by Gasteiger charge is -2.15. The first-order chi connectivity index (χ1) is 18.4. The van der Waals surface area contributed by atoms with Gasteiger partial charge in [0.25, 0.3) is 5.56 Å². The highest BCUT2D eigenvalue weighted by Gasteiger charge is 2.16. The van der Waals surface area contributed by atoms with Gasteiger partial charge in [-0.1, -0.05) is 11.6 Å². The Kier molecular flexibility index (Phi) is 6.92. The zero-order valence-corrected chi connectivity index (χ0v) is 21.5. The molecule has 0 fully saturated rings. The number of fused-ring (bicyclic) bond motifs is 1. The van der Waals surface area contributed by atoms with Gasteiger partial charge in [0, 0.05) is 45.9 Å². The lowest BCUT2D eigenvalue weighted by Crippen LogP contribution is -2.23. The summed E-state index contributed by atoms with van der Waals surface area (Å²) in [6.07, 6.45) is 3.28. The molecular weight excluding hydrogens is 504 g/mol. The van der Waals surface area contributed by atoms with Crippen LogP contribution in [0, 0.1) is 25.2 Å². The van der Waals surface area contributed by atoms with E-state index in [9.17, 15) is 15.2 Å². The van der Waals surface area contributed by atoms with E-state index in [0.29, 0.717) is 39.0 Å². The Morgan fingerprint density at radius 3 is 2.76 bits per heavy atom. The van der Waals surface area contributed by atoms with Crippen LogP contribution in [0.1, 0.15) is 33.8 Å². The normalized spacial score (nSPS) is 11.0. The van der Waals surface area contributed by atoms with Crippen molar-refractivity contribution in [3.63, 3.8) is 0 Å². The summed E-state index contributed by atoms with van der Waals surface area (Å²) in [7, 11) is 0. The van der Waals surface area contributed by atoms with Gasteiger partial charge < -0.3 is 14.4 Å². The number of aromatic amines is 1. The standard InChI is InChI=1S/C28H23ClN6O3/c1-16-8-22(27-19(14-36)12-31-34-27)21-10-20(5-6-25(21)32-16)38-15-23-24(29)9-17(2)33-26(23)13-35-7-3-4-18(11-30)28(35)37/h3-10,12,36H,13-15H2,1-2H3,(H,31,34). The second kappa shape index (κ2) is 10.5. The molecule has 2 N–H and O–H groups in total. The molecule has 0 aliphatic heterocycles. The average Bonchev–Trinajstić information content (AvgIpc) is 3.38. The van der Waals surface area contributed by atoms with Gasteiger partial charge in [-0.15, -0.1) is 0 Å². The van der Waals surface area contributed by atoms with Crippen molar-refractivity contribution in [1.82, 2.24) is 24.7 Å². The molecule has 0 amide bonds. The Morgan fingerprint density at radius 1 is 1.16 bits per heavy atom.